The molecule has 180 valence electrons. The van der Waals surface area contributed by atoms with Crippen LogP contribution in [0.5, 0.6) is 0 Å². The third kappa shape index (κ3) is 15.5. The Morgan fingerprint density at radius 3 is 1.77 bits per heavy atom. The van der Waals surface area contributed by atoms with Gasteiger partial charge in [-0.05, 0) is 30.6 Å². The molecule has 0 unspecified atom stereocenters. The van der Waals surface area contributed by atoms with Crippen molar-refractivity contribution < 1.29 is 24.2 Å². The van der Waals surface area contributed by atoms with Gasteiger partial charge in [0.25, 0.3) is 0 Å². The van der Waals surface area contributed by atoms with Crippen LogP contribution in [0.1, 0.15) is 81.1 Å². The number of nitrogens with two attached hydrogens (primary N) is 1. The third-order valence-corrected chi connectivity index (χ3v) is 5.88. The first-order valence-electron chi connectivity index (χ1n) is 10.8. The molecular formula is C22H45ClN2O5. The van der Waals surface area contributed by atoms with E-state index >= 15 is 0 Å². The molecule has 0 aromatic rings. The number of carbonyl (C=O) groups is 3. The van der Waals surface area contributed by atoms with Crippen molar-refractivity contribution in [2.24, 2.45) is 29.4 Å². The zero-order chi connectivity index (χ0) is 23.1. The summed E-state index contributed by atoms with van der Waals surface area (Å²) in [7, 11) is 0. The van der Waals surface area contributed by atoms with Gasteiger partial charge in [-0.15, -0.1) is 12.4 Å². The first kappa shape index (κ1) is 33.3. The minimum Gasteiger partial charge on any atom is -0.481 e. The Labute approximate surface area is 189 Å². The molecule has 0 rings (SSSR count). The van der Waals surface area contributed by atoms with Gasteiger partial charge in [0.05, 0.1) is 19.4 Å². The number of halogens is 1. The lowest BCUT2D eigenvalue weighted by Crippen LogP contribution is -2.42. The van der Waals surface area contributed by atoms with Gasteiger partial charge in [0.15, 0.2) is 0 Å². The van der Waals surface area contributed by atoms with Gasteiger partial charge < -0.3 is 20.9 Å². The molecular weight excluding hydrogens is 408 g/mol. The highest BCUT2D eigenvalue weighted by Crippen LogP contribution is 2.21. The van der Waals surface area contributed by atoms with Crippen molar-refractivity contribution in [1.29, 1.82) is 0 Å². The van der Waals surface area contributed by atoms with Crippen molar-refractivity contribution in [3.05, 3.63) is 0 Å². The number of carboxylic acids is 1. The highest BCUT2D eigenvalue weighted by Gasteiger charge is 2.25. The standard InChI is InChI=1S/C13H25NO3.C9H19NO2.ClH/c1-6-9(3)10(4)12(14-11(5)15)8-13(16)17-7-2;1-4-6(2)7(3)8(10)5-9(11)12;/h9-10,12H,6-8H2,1-5H3,(H,14,15);6-8H,4-5,10H2,1-3H3,(H,11,12);1H/t9-,10-,12-;6-,7-,8-;/m11./s1. The van der Waals surface area contributed by atoms with Crippen molar-refractivity contribution in [3.8, 4) is 0 Å². The first-order chi connectivity index (χ1) is 13.4. The number of amides is 1. The van der Waals surface area contributed by atoms with Gasteiger partial charge in [0, 0.05) is 19.0 Å². The quantitative estimate of drug-likeness (QED) is 0.385. The van der Waals surface area contributed by atoms with E-state index in [-0.39, 0.29) is 61.0 Å². The van der Waals surface area contributed by atoms with E-state index in [1.165, 1.54) is 6.92 Å². The Balaban J connectivity index is -0.000000497. The number of carboxylic acid groups (broad SMARTS) is 1. The average Bonchev–Trinajstić information content (AvgIpc) is 2.64. The van der Waals surface area contributed by atoms with Gasteiger partial charge in [-0.1, -0.05) is 54.4 Å². The van der Waals surface area contributed by atoms with E-state index in [9.17, 15) is 14.4 Å². The molecule has 0 saturated carbocycles. The van der Waals surface area contributed by atoms with Crippen LogP contribution in [-0.4, -0.2) is 41.6 Å². The minimum absolute atomic E-state index is 0. The fraction of sp³-hybridized carbons (Fsp3) is 0.864. The van der Waals surface area contributed by atoms with E-state index in [0.29, 0.717) is 18.4 Å². The van der Waals surface area contributed by atoms with Gasteiger partial charge in [-0.3, -0.25) is 14.4 Å². The van der Waals surface area contributed by atoms with Crippen molar-refractivity contribution in [1.82, 2.24) is 5.32 Å². The molecule has 8 heteroatoms. The summed E-state index contributed by atoms with van der Waals surface area (Å²) in [6.07, 6.45) is 2.40. The fourth-order valence-corrected chi connectivity index (χ4v) is 2.98. The molecule has 0 aliphatic carbocycles. The smallest absolute Gasteiger partial charge is 0.307 e. The molecule has 0 heterocycles. The van der Waals surface area contributed by atoms with Crippen molar-refractivity contribution in [2.75, 3.05) is 6.61 Å². The highest BCUT2D eigenvalue weighted by molar-refractivity contribution is 5.85. The number of hydrogen-bond acceptors (Lipinski definition) is 5. The molecule has 4 N–H and O–H groups in total. The van der Waals surface area contributed by atoms with E-state index in [1.54, 1.807) is 6.92 Å². The lowest BCUT2D eigenvalue weighted by Gasteiger charge is -2.28. The maximum Gasteiger partial charge on any atom is 0.307 e. The summed E-state index contributed by atoms with van der Waals surface area (Å²) >= 11 is 0. The molecule has 0 aromatic heterocycles. The van der Waals surface area contributed by atoms with Crippen molar-refractivity contribution >= 4 is 30.3 Å². The number of carbonyl (C=O) groups excluding carboxylic acids is 2. The van der Waals surface area contributed by atoms with Crippen LogP contribution in [0.4, 0.5) is 0 Å². The summed E-state index contributed by atoms with van der Waals surface area (Å²) in [6.45, 7) is 16.1. The monoisotopic (exact) mass is 452 g/mol. The van der Waals surface area contributed by atoms with Crippen LogP contribution in [0, 0.1) is 23.7 Å². The Kier molecular flexibility index (Phi) is 20.5. The molecule has 0 fully saturated rings. The summed E-state index contributed by atoms with van der Waals surface area (Å²) in [5.74, 6) is 0.341. The third-order valence-electron chi connectivity index (χ3n) is 5.88. The minimum atomic E-state index is -0.808. The lowest BCUT2D eigenvalue weighted by atomic mass is 9.85. The van der Waals surface area contributed by atoms with Gasteiger partial charge in [-0.2, -0.15) is 0 Å². The zero-order valence-electron chi connectivity index (χ0n) is 20.1. The summed E-state index contributed by atoms with van der Waals surface area (Å²) in [4.78, 5) is 33.0. The Morgan fingerprint density at radius 2 is 1.40 bits per heavy atom. The van der Waals surface area contributed by atoms with Crippen molar-refractivity contribution in [2.45, 2.75) is 93.2 Å². The van der Waals surface area contributed by atoms with Crippen LogP contribution in [-0.2, 0) is 19.1 Å². The average molecular weight is 453 g/mol. The van der Waals surface area contributed by atoms with Crippen LogP contribution < -0.4 is 11.1 Å². The van der Waals surface area contributed by atoms with E-state index < -0.39 is 5.97 Å². The lowest BCUT2D eigenvalue weighted by molar-refractivity contribution is -0.144. The molecule has 0 radical (unpaired) electrons. The van der Waals surface area contributed by atoms with E-state index in [1.807, 2.05) is 6.92 Å². The van der Waals surface area contributed by atoms with E-state index in [4.69, 9.17) is 15.6 Å². The summed E-state index contributed by atoms with van der Waals surface area (Å²) in [5, 5.41) is 11.4. The van der Waals surface area contributed by atoms with Crippen LogP contribution >= 0.6 is 12.4 Å². The topological polar surface area (TPSA) is 119 Å². The normalized spacial score (nSPS) is 16.3. The second-order valence-electron chi connectivity index (χ2n) is 8.07. The maximum absolute atomic E-state index is 11.5. The Morgan fingerprint density at radius 1 is 0.933 bits per heavy atom. The molecule has 7 nitrogen and oxygen atoms in total. The number of aliphatic carboxylic acids is 1. The Hall–Kier alpha value is -1.34. The summed E-state index contributed by atoms with van der Waals surface area (Å²) in [6, 6.07) is -0.348. The molecule has 0 aliphatic heterocycles. The molecule has 0 aliphatic rings. The fourth-order valence-electron chi connectivity index (χ4n) is 2.98. The number of esters is 1. The Bertz CT molecular complexity index is 490. The van der Waals surface area contributed by atoms with Gasteiger partial charge in [-0.25, -0.2) is 0 Å². The molecule has 30 heavy (non-hydrogen) atoms. The highest BCUT2D eigenvalue weighted by atomic mass is 35.5. The van der Waals surface area contributed by atoms with Crippen molar-refractivity contribution in [3.63, 3.8) is 0 Å². The van der Waals surface area contributed by atoms with Crippen LogP contribution in [0.2, 0.25) is 0 Å². The molecule has 6 atom stereocenters. The SMILES string of the molecule is CCOC(=O)C[C@@H](NC(C)=O)[C@H](C)[C@H](C)CC.CC[C@@H](C)[C@@H](C)[C@H](N)CC(=O)O.Cl. The number of rotatable bonds is 12. The van der Waals surface area contributed by atoms with Gasteiger partial charge in [0.2, 0.25) is 5.91 Å². The number of ether oxygens (including phenoxy) is 1. The van der Waals surface area contributed by atoms with Gasteiger partial charge in [0.1, 0.15) is 0 Å². The van der Waals surface area contributed by atoms with E-state index in [0.717, 1.165) is 12.8 Å². The zero-order valence-corrected chi connectivity index (χ0v) is 20.9. The number of nitrogens with one attached hydrogen (secondary N) is 1. The largest absolute Gasteiger partial charge is 0.481 e. The van der Waals surface area contributed by atoms with E-state index in [2.05, 4.69) is 39.9 Å². The van der Waals surface area contributed by atoms with Gasteiger partial charge >= 0.3 is 11.9 Å². The maximum atomic E-state index is 11.5. The first-order valence-corrected chi connectivity index (χ1v) is 10.8. The predicted octanol–water partition coefficient (Wildman–Crippen LogP) is 4.02. The van der Waals surface area contributed by atoms with Crippen LogP contribution in [0.25, 0.3) is 0 Å². The summed E-state index contributed by atoms with van der Waals surface area (Å²) < 4.78 is 4.93. The molecule has 1 amide bonds. The molecule has 0 aromatic carbocycles. The molecule has 0 saturated heterocycles. The second-order valence-corrected chi connectivity index (χ2v) is 8.07. The predicted molar refractivity (Wildman–Crippen MR) is 124 cm³/mol. The molecule has 0 bridgehead atoms. The summed E-state index contributed by atoms with van der Waals surface area (Å²) in [5.41, 5.74) is 5.71. The number of hydrogen-bond donors (Lipinski definition) is 3. The van der Waals surface area contributed by atoms with Crippen LogP contribution in [0.15, 0.2) is 0 Å². The second kappa shape index (κ2) is 18.4. The molecule has 0 spiro atoms. The van der Waals surface area contributed by atoms with Crippen LogP contribution in [0.3, 0.4) is 0 Å².